The predicted molar refractivity (Wildman–Crippen MR) is 115 cm³/mol. The lowest BCUT2D eigenvalue weighted by molar-refractivity contribution is -0.831. The molecule has 3 heterocycles. The fourth-order valence-electron chi connectivity index (χ4n) is 3.88. The van der Waals surface area contributed by atoms with Gasteiger partial charge >= 0.3 is 0 Å². The maximum absolute atomic E-state index is 10.2. The number of fused-ring (bicyclic) bond motifs is 1. The summed E-state index contributed by atoms with van der Waals surface area (Å²) in [6.07, 6.45) is 4.61. The third-order valence-corrected chi connectivity index (χ3v) is 5.68. The van der Waals surface area contributed by atoms with Crippen LogP contribution < -0.4 is 21.0 Å². The molecule has 7 nitrogen and oxygen atoms in total. The molecule has 1 aromatic rings. The lowest BCUT2D eigenvalue weighted by atomic mass is 9.95. The van der Waals surface area contributed by atoms with E-state index >= 15 is 0 Å². The molecular weight excluding hydrogens is 364 g/mol. The molecule has 5 N–H and O–H groups in total. The van der Waals surface area contributed by atoms with E-state index in [1.165, 1.54) is 11.1 Å². The molecule has 0 saturated carbocycles. The van der Waals surface area contributed by atoms with Crippen LogP contribution in [-0.2, 0) is 6.54 Å². The molecule has 1 fully saturated rings. The summed E-state index contributed by atoms with van der Waals surface area (Å²) in [4.78, 5) is 4.82. The Balaban J connectivity index is 1.55. The maximum atomic E-state index is 10.2. The zero-order valence-electron chi connectivity index (χ0n) is 17.2. The smallest absolute Gasteiger partial charge is 0.243 e. The van der Waals surface area contributed by atoms with E-state index < -0.39 is 0 Å². The zero-order valence-corrected chi connectivity index (χ0v) is 17.2. The molecule has 3 aliphatic rings. The van der Waals surface area contributed by atoms with Crippen molar-refractivity contribution in [2.24, 2.45) is 21.9 Å². The number of piperidine rings is 1. The molecular formula is C22H31N6O+. The van der Waals surface area contributed by atoms with Crippen LogP contribution in [0.2, 0.25) is 0 Å². The number of aliphatic hydroxyl groups excluding tert-OH is 1. The van der Waals surface area contributed by atoms with E-state index in [4.69, 9.17) is 4.99 Å². The fraction of sp³-hybridized carbons (Fsp3) is 0.455. The summed E-state index contributed by atoms with van der Waals surface area (Å²) in [5.74, 6) is 3.43. The van der Waals surface area contributed by atoms with Gasteiger partial charge in [-0.25, -0.2) is 0 Å². The second kappa shape index (κ2) is 8.90. The first kappa shape index (κ1) is 19.8. The summed E-state index contributed by atoms with van der Waals surface area (Å²) >= 11 is 0. The Kier molecular flexibility index (Phi) is 6.08. The van der Waals surface area contributed by atoms with Gasteiger partial charge in [0, 0.05) is 25.6 Å². The van der Waals surface area contributed by atoms with Crippen LogP contribution in [0.1, 0.15) is 25.8 Å². The van der Waals surface area contributed by atoms with Gasteiger partial charge in [-0.3, -0.25) is 10.3 Å². The summed E-state index contributed by atoms with van der Waals surface area (Å²) in [6.45, 7) is 7.29. The Hall–Kier alpha value is -2.48. The Labute approximate surface area is 172 Å². The van der Waals surface area contributed by atoms with Crippen molar-refractivity contribution >= 4 is 12.1 Å². The van der Waals surface area contributed by atoms with Gasteiger partial charge in [0.25, 0.3) is 0 Å². The molecule has 7 heteroatoms. The summed E-state index contributed by atoms with van der Waals surface area (Å²) in [6, 6.07) is 10.4. The second-order valence-electron chi connectivity index (χ2n) is 8.16. The molecule has 1 saturated heterocycles. The third-order valence-electron chi connectivity index (χ3n) is 5.68. The fourth-order valence-corrected chi connectivity index (χ4v) is 3.88. The minimum Gasteiger partial charge on any atom is -0.391 e. The van der Waals surface area contributed by atoms with Crippen LogP contribution in [0.4, 0.5) is 0 Å². The highest BCUT2D eigenvalue weighted by Gasteiger charge is 2.35. The van der Waals surface area contributed by atoms with E-state index in [0.717, 1.165) is 42.0 Å². The number of rotatable bonds is 6. The minimum atomic E-state index is -0.335. The highest BCUT2D eigenvalue weighted by molar-refractivity contribution is 5.96. The molecule has 0 aliphatic carbocycles. The van der Waals surface area contributed by atoms with Crippen LogP contribution in [0.5, 0.6) is 0 Å². The van der Waals surface area contributed by atoms with Crippen LogP contribution in [0, 0.1) is 11.8 Å². The molecule has 154 valence electrons. The van der Waals surface area contributed by atoms with E-state index in [1.54, 1.807) is 0 Å². The number of hydrogen-bond acceptors (Lipinski definition) is 5. The normalized spacial score (nSPS) is 27.8. The van der Waals surface area contributed by atoms with Gasteiger partial charge in [0.2, 0.25) is 11.6 Å². The molecule has 0 radical (unpaired) electrons. The van der Waals surface area contributed by atoms with Gasteiger partial charge in [0.15, 0.2) is 0 Å². The molecule has 4 rings (SSSR count). The Morgan fingerprint density at radius 3 is 2.90 bits per heavy atom. The highest BCUT2D eigenvalue weighted by atomic mass is 16.3. The maximum Gasteiger partial charge on any atom is 0.243 e. The van der Waals surface area contributed by atoms with E-state index in [0.29, 0.717) is 19.0 Å². The lowest BCUT2D eigenvalue weighted by Gasteiger charge is -2.27. The Morgan fingerprint density at radius 2 is 2.14 bits per heavy atom. The first-order chi connectivity index (χ1) is 14.1. The second-order valence-corrected chi connectivity index (χ2v) is 8.16. The van der Waals surface area contributed by atoms with Crippen molar-refractivity contribution in [2.75, 3.05) is 19.6 Å². The van der Waals surface area contributed by atoms with E-state index in [1.807, 2.05) is 30.5 Å². The number of benzene rings is 1. The number of aliphatic imine (C=N–C) groups is 1. The summed E-state index contributed by atoms with van der Waals surface area (Å²) in [5, 5.41) is 26.1. The quantitative estimate of drug-likeness (QED) is 0.481. The Morgan fingerprint density at radius 1 is 1.31 bits per heavy atom. The van der Waals surface area contributed by atoms with Crippen molar-refractivity contribution in [2.45, 2.75) is 32.9 Å². The predicted octanol–water partition coefficient (Wildman–Crippen LogP) is 0.342. The minimum absolute atomic E-state index is 0.198. The van der Waals surface area contributed by atoms with Crippen molar-refractivity contribution < 1.29 is 10.1 Å². The average Bonchev–Trinajstić information content (AvgIpc) is 3.16. The average molecular weight is 396 g/mol. The van der Waals surface area contributed by atoms with Crippen LogP contribution in [-0.4, -0.2) is 42.9 Å². The van der Waals surface area contributed by atoms with Crippen molar-refractivity contribution in [3.63, 3.8) is 0 Å². The van der Waals surface area contributed by atoms with Gasteiger partial charge in [0.1, 0.15) is 5.84 Å². The number of amidine groups is 1. The Bertz CT molecular complexity index is 842. The lowest BCUT2D eigenvalue weighted by Crippen LogP contribution is -3.07. The van der Waals surface area contributed by atoms with Crippen molar-refractivity contribution in [1.29, 1.82) is 0 Å². The van der Waals surface area contributed by atoms with Gasteiger partial charge in [-0.05, 0) is 24.4 Å². The number of β-amino-alcohol motifs (C(OH)–C–C–N with tert-alkyl or cyclic N) is 1. The molecule has 0 bridgehead atoms. The van der Waals surface area contributed by atoms with Gasteiger partial charge in [0.05, 0.1) is 24.0 Å². The highest BCUT2D eigenvalue weighted by Crippen LogP contribution is 2.15. The molecule has 3 aliphatic heterocycles. The number of nitrogens with zero attached hydrogens (tertiary/aromatic N) is 2. The summed E-state index contributed by atoms with van der Waals surface area (Å²) in [7, 11) is 0. The SMILES string of the molecule is CC(C)C1=C2NC(=NCC3CCNCC3O)C=C(NCc3ccccc3)[NH+]2N=C1. The van der Waals surface area contributed by atoms with E-state index in [9.17, 15) is 5.11 Å². The van der Waals surface area contributed by atoms with Gasteiger partial charge in [-0.2, -0.15) is 0 Å². The number of hydrogen-bond donors (Lipinski definition) is 5. The third kappa shape index (κ3) is 4.58. The van der Waals surface area contributed by atoms with Crippen molar-refractivity contribution in [1.82, 2.24) is 16.0 Å². The number of allylic oxidation sites excluding steroid dienone is 1. The van der Waals surface area contributed by atoms with E-state index in [-0.39, 0.29) is 12.0 Å². The van der Waals surface area contributed by atoms with Crippen LogP contribution in [0.25, 0.3) is 0 Å². The molecule has 0 aromatic heterocycles. The largest absolute Gasteiger partial charge is 0.391 e. The molecule has 3 atom stereocenters. The molecule has 3 unspecified atom stereocenters. The number of aliphatic hydroxyl groups is 1. The first-order valence-electron chi connectivity index (χ1n) is 10.5. The van der Waals surface area contributed by atoms with E-state index in [2.05, 4.69) is 47.0 Å². The molecule has 1 aromatic carbocycles. The summed E-state index contributed by atoms with van der Waals surface area (Å²) < 4.78 is 0. The van der Waals surface area contributed by atoms with Crippen molar-refractivity contribution in [3.05, 3.63) is 59.2 Å². The monoisotopic (exact) mass is 395 g/mol. The standard InChI is InChI=1S/C22H30N6O/c1-15(2)18-13-26-28-21(25-11-16-6-4-3-5-7-16)10-20(27-22(18)28)24-12-17-8-9-23-14-19(17)29/h3-7,10,13,15,17,19,23,25,29H,8-9,11-12,14H2,1-2H3,(H,24,27)/p+1. The van der Waals surface area contributed by atoms with Crippen molar-refractivity contribution in [3.8, 4) is 0 Å². The van der Waals surface area contributed by atoms with Gasteiger partial charge < -0.3 is 15.7 Å². The number of quaternary nitrogens is 1. The molecule has 0 amide bonds. The van der Waals surface area contributed by atoms with Gasteiger partial charge in [-0.15, -0.1) is 5.01 Å². The van der Waals surface area contributed by atoms with Crippen LogP contribution >= 0.6 is 0 Å². The topological polar surface area (TPSA) is 85.5 Å². The first-order valence-corrected chi connectivity index (χ1v) is 10.5. The van der Waals surface area contributed by atoms with Crippen LogP contribution in [0.3, 0.4) is 0 Å². The zero-order chi connectivity index (χ0) is 20.2. The van der Waals surface area contributed by atoms with Gasteiger partial charge in [-0.1, -0.05) is 49.3 Å². The molecule has 0 spiro atoms. The van der Waals surface area contributed by atoms with Crippen LogP contribution in [0.15, 0.2) is 63.7 Å². The summed E-state index contributed by atoms with van der Waals surface area (Å²) in [5.41, 5.74) is 2.42. The number of nitrogens with one attached hydrogen (secondary N) is 4. The molecule has 29 heavy (non-hydrogen) atoms.